The van der Waals surface area contributed by atoms with Gasteiger partial charge in [-0.05, 0) is 65.1 Å². The quantitative estimate of drug-likeness (QED) is 0.362. The summed E-state index contributed by atoms with van der Waals surface area (Å²) in [5, 5.41) is 3.80. The lowest BCUT2D eigenvalue weighted by Crippen LogP contribution is -2.40. The number of hydrogen-bond acceptors (Lipinski definition) is 5. The van der Waals surface area contributed by atoms with Crippen LogP contribution in [0.4, 0.5) is 11.5 Å². The molecule has 0 saturated carbocycles. The third-order valence-corrected chi connectivity index (χ3v) is 9.99. The molecular weight excluding hydrogens is 400 g/mol. The Kier molecular flexibility index (Phi) is 6.36. The van der Waals surface area contributed by atoms with Crippen LogP contribution in [-0.2, 0) is 11.0 Å². The summed E-state index contributed by atoms with van der Waals surface area (Å²) in [6.07, 6.45) is 5.16. The molecule has 1 N–H and O–H groups in total. The Morgan fingerprint density at radius 2 is 1.72 bits per heavy atom. The second-order valence-corrected chi connectivity index (χ2v) is 13.7. The van der Waals surface area contributed by atoms with Crippen molar-refractivity contribution >= 4 is 31.4 Å². The highest BCUT2D eigenvalue weighted by Gasteiger charge is 2.36. The van der Waals surface area contributed by atoms with Crippen molar-refractivity contribution in [1.82, 2.24) is 15.0 Å². The van der Waals surface area contributed by atoms with Crippen molar-refractivity contribution in [3.05, 3.63) is 65.8 Å². The van der Waals surface area contributed by atoms with Crippen molar-refractivity contribution in [3.63, 3.8) is 0 Å². The fourth-order valence-electron chi connectivity index (χ4n) is 2.51. The van der Waals surface area contributed by atoms with Crippen LogP contribution in [0.15, 0.2) is 55.0 Å². The van der Waals surface area contributed by atoms with E-state index in [-0.39, 0.29) is 10.3 Å². The molecular formula is C22H27ClN4OSi. The minimum atomic E-state index is -1.78. The summed E-state index contributed by atoms with van der Waals surface area (Å²) in [5.74, 6) is 0.750. The Morgan fingerprint density at radius 3 is 2.41 bits per heavy atom. The summed E-state index contributed by atoms with van der Waals surface area (Å²) >= 11 is 5.78. The van der Waals surface area contributed by atoms with Gasteiger partial charge in [-0.15, -0.1) is 0 Å². The second-order valence-electron chi connectivity index (χ2n) is 8.54. The maximum absolute atomic E-state index is 6.34. The summed E-state index contributed by atoms with van der Waals surface area (Å²) in [7, 11) is -1.78. The van der Waals surface area contributed by atoms with Crippen molar-refractivity contribution < 1.29 is 4.43 Å². The highest BCUT2D eigenvalue weighted by Crippen LogP contribution is 2.37. The normalized spacial score (nSPS) is 12.1. The lowest BCUT2D eigenvalue weighted by Gasteiger charge is -2.36. The molecule has 2 heterocycles. The minimum absolute atomic E-state index is 0.193. The van der Waals surface area contributed by atoms with Gasteiger partial charge in [0.05, 0.1) is 6.61 Å². The lowest BCUT2D eigenvalue weighted by atomic mass is 10.1. The standard InChI is InChI=1S/C22H27ClN4OSi/c1-22(2,3)29(4,5)28-15-16-7-6-8-19(11-16)27-20-12-17(9-10-24-20)18-13-25-21(23)26-14-18/h6-14H,15H2,1-5H3,(H,24,27). The molecule has 152 valence electrons. The van der Waals surface area contributed by atoms with Crippen LogP contribution < -0.4 is 5.32 Å². The smallest absolute Gasteiger partial charge is 0.222 e. The number of anilines is 2. The Balaban J connectivity index is 1.72. The molecule has 0 fully saturated rings. The predicted molar refractivity (Wildman–Crippen MR) is 122 cm³/mol. The first kappa shape index (κ1) is 21.4. The van der Waals surface area contributed by atoms with Crippen molar-refractivity contribution in [2.24, 2.45) is 0 Å². The number of hydrogen-bond donors (Lipinski definition) is 1. The highest BCUT2D eigenvalue weighted by molar-refractivity contribution is 6.74. The van der Waals surface area contributed by atoms with Crippen LogP contribution in [0.3, 0.4) is 0 Å². The predicted octanol–water partition coefficient (Wildman–Crippen LogP) is 6.46. The molecule has 29 heavy (non-hydrogen) atoms. The average Bonchev–Trinajstić information content (AvgIpc) is 2.67. The van der Waals surface area contributed by atoms with Gasteiger partial charge in [-0.1, -0.05) is 32.9 Å². The Labute approximate surface area is 178 Å². The number of rotatable bonds is 6. The maximum Gasteiger partial charge on any atom is 0.222 e. The summed E-state index contributed by atoms with van der Waals surface area (Å²) in [6.45, 7) is 11.9. The van der Waals surface area contributed by atoms with Crippen molar-refractivity contribution in [1.29, 1.82) is 0 Å². The molecule has 0 unspecified atom stereocenters. The molecule has 1 aromatic carbocycles. The first-order valence-electron chi connectivity index (χ1n) is 9.58. The molecule has 0 aliphatic carbocycles. The zero-order valence-electron chi connectivity index (χ0n) is 17.5. The van der Waals surface area contributed by atoms with Crippen LogP contribution in [0.5, 0.6) is 0 Å². The number of halogens is 1. The van der Waals surface area contributed by atoms with Gasteiger partial charge in [-0.3, -0.25) is 0 Å². The summed E-state index contributed by atoms with van der Waals surface area (Å²) < 4.78 is 6.34. The topological polar surface area (TPSA) is 59.9 Å². The Morgan fingerprint density at radius 1 is 1.00 bits per heavy atom. The van der Waals surface area contributed by atoms with Gasteiger partial charge in [-0.25, -0.2) is 15.0 Å². The lowest BCUT2D eigenvalue weighted by molar-refractivity contribution is 0.276. The third kappa shape index (κ3) is 5.62. The zero-order chi connectivity index (χ0) is 21.1. The fourth-order valence-corrected chi connectivity index (χ4v) is 3.56. The van der Waals surface area contributed by atoms with Gasteiger partial charge in [0, 0.05) is 29.8 Å². The van der Waals surface area contributed by atoms with E-state index in [1.807, 2.05) is 24.3 Å². The number of aromatic nitrogens is 3. The Hall–Kier alpha value is -2.28. The monoisotopic (exact) mass is 426 g/mol. The van der Waals surface area contributed by atoms with Crippen LogP contribution in [0.1, 0.15) is 26.3 Å². The fraction of sp³-hybridized carbons (Fsp3) is 0.318. The van der Waals surface area contributed by atoms with E-state index in [0.29, 0.717) is 6.61 Å². The SMILES string of the molecule is CC(C)(C)[Si](C)(C)OCc1cccc(Nc2cc(-c3cnc(Cl)nc3)ccn2)c1. The van der Waals surface area contributed by atoms with Gasteiger partial charge < -0.3 is 9.74 Å². The zero-order valence-corrected chi connectivity index (χ0v) is 19.3. The molecule has 0 saturated heterocycles. The van der Waals surface area contributed by atoms with E-state index in [2.05, 4.69) is 66.3 Å². The van der Waals surface area contributed by atoms with E-state index in [9.17, 15) is 0 Å². The van der Waals surface area contributed by atoms with Gasteiger partial charge >= 0.3 is 0 Å². The van der Waals surface area contributed by atoms with Gasteiger partial charge in [0.15, 0.2) is 8.32 Å². The summed E-state index contributed by atoms with van der Waals surface area (Å²) in [5.41, 5.74) is 3.97. The maximum atomic E-state index is 6.34. The Bertz CT molecular complexity index is 971. The van der Waals surface area contributed by atoms with Gasteiger partial charge in [0.1, 0.15) is 5.82 Å². The molecule has 5 nitrogen and oxygen atoms in total. The number of benzene rings is 1. The number of pyridine rings is 1. The van der Waals surface area contributed by atoms with Crippen LogP contribution in [-0.4, -0.2) is 23.3 Å². The van der Waals surface area contributed by atoms with Gasteiger partial charge in [0.2, 0.25) is 5.28 Å². The first-order chi connectivity index (χ1) is 13.6. The van der Waals surface area contributed by atoms with Crippen molar-refractivity contribution in [2.75, 3.05) is 5.32 Å². The second kappa shape index (κ2) is 8.61. The molecule has 3 rings (SSSR count). The van der Waals surface area contributed by atoms with Crippen molar-refractivity contribution in [3.8, 4) is 11.1 Å². The van der Waals surface area contributed by atoms with Crippen LogP contribution >= 0.6 is 11.6 Å². The molecule has 0 aliphatic heterocycles. The first-order valence-corrected chi connectivity index (χ1v) is 12.9. The summed E-state index contributed by atoms with van der Waals surface area (Å²) in [4.78, 5) is 12.5. The van der Waals surface area contributed by atoms with E-state index in [4.69, 9.17) is 16.0 Å². The number of nitrogens with one attached hydrogen (secondary N) is 1. The molecule has 0 radical (unpaired) electrons. The van der Waals surface area contributed by atoms with E-state index in [0.717, 1.165) is 28.2 Å². The van der Waals surface area contributed by atoms with Crippen LogP contribution in [0.25, 0.3) is 11.1 Å². The molecule has 0 amide bonds. The molecule has 2 aromatic heterocycles. The molecule has 0 spiro atoms. The minimum Gasteiger partial charge on any atom is -0.413 e. The van der Waals surface area contributed by atoms with E-state index in [1.165, 1.54) is 0 Å². The average molecular weight is 427 g/mol. The molecule has 0 atom stereocenters. The van der Waals surface area contributed by atoms with Crippen molar-refractivity contribution in [2.45, 2.75) is 45.5 Å². The number of nitrogens with zero attached hydrogens (tertiary/aromatic N) is 3. The molecule has 7 heteroatoms. The highest BCUT2D eigenvalue weighted by atomic mass is 35.5. The van der Waals surface area contributed by atoms with E-state index in [1.54, 1.807) is 18.6 Å². The molecule has 0 aliphatic rings. The largest absolute Gasteiger partial charge is 0.413 e. The van der Waals surface area contributed by atoms with E-state index < -0.39 is 8.32 Å². The summed E-state index contributed by atoms with van der Waals surface area (Å²) in [6, 6.07) is 12.1. The van der Waals surface area contributed by atoms with E-state index >= 15 is 0 Å². The third-order valence-electron chi connectivity index (χ3n) is 5.32. The van der Waals surface area contributed by atoms with Crippen LogP contribution in [0.2, 0.25) is 23.4 Å². The van der Waals surface area contributed by atoms with Gasteiger partial charge in [-0.2, -0.15) is 0 Å². The van der Waals surface area contributed by atoms with Crippen LogP contribution in [0, 0.1) is 0 Å². The molecule has 0 bridgehead atoms. The van der Waals surface area contributed by atoms with Gasteiger partial charge in [0.25, 0.3) is 0 Å². The molecule has 3 aromatic rings.